The maximum Gasteiger partial charge on any atom is 0.391 e. The highest BCUT2D eigenvalue weighted by Gasteiger charge is 2.41. The number of halogens is 3. The number of rotatable bonds is 6. The SMILES string of the molecule is CCC(CC)NCC(C)N1CCC(C(F)(F)F)CC1. The lowest BCUT2D eigenvalue weighted by molar-refractivity contribution is -0.185. The highest BCUT2D eigenvalue weighted by molar-refractivity contribution is 4.81. The van der Waals surface area contributed by atoms with Crippen LogP contribution >= 0.6 is 0 Å². The van der Waals surface area contributed by atoms with Gasteiger partial charge in [0, 0.05) is 18.6 Å². The summed E-state index contributed by atoms with van der Waals surface area (Å²) in [6.45, 7) is 8.40. The van der Waals surface area contributed by atoms with Crippen molar-refractivity contribution in [3.8, 4) is 0 Å². The van der Waals surface area contributed by atoms with Crippen LogP contribution in [0.15, 0.2) is 0 Å². The first-order valence-electron chi connectivity index (χ1n) is 7.42. The smallest absolute Gasteiger partial charge is 0.312 e. The highest BCUT2D eigenvalue weighted by Crippen LogP contribution is 2.34. The quantitative estimate of drug-likeness (QED) is 0.802. The van der Waals surface area contributed by atoms with Gasteiger partial charge in [-0.05, 0) is 45.7 Å². The second-order valence-corrected chi connectivity index (χ2v) is 5.62. The second kappa shape index (κ2) is 7.48. The third-order valence-corrected chi connectivity index (χ3v) is 4.30. The fraction of sp³-hybridized carbons (Fsp3) is 1.00. The van der Waals surface area contributed by atoms with Gasteiger partial charge in [-0.3, -0.25) is 4.90 Å². The molecule has 0 radical (unpaired) electrons. The Kier molecular flexibility index (Phi) is 6.60. The van der Waals surface area contributed by atoms with Crippen LogP contribution in [0.4, 0.5) is 13.2 Å². The van der Waals surface area contributed by atoms with Crippen LogP contribution < -0.4 is 5.32 Å². The summed E-state index contributed by atoms with van der Waals surface area (Å²) in [5, 5.41) is 3.49. The number of piperidine rings is 1. The molecule has 1 heterocycles. The molecule has 5 heteroatoms. The summed E-state index contributed by atoms with van der Waals surface area (Å²) in [6.07, 6.45) is -1.32. The third kappa shape index (κ3) is 5.30. The Labute approximate surface area is 114 Å². The molecule has 1 fully saturated rings. The Balaban J connectivity index is 2.30. The van der Waals surface area contributed by atoms with Crippen LogP contribution in [-0.4, -0.2) is 42.8 Å². The Morgan fingerprint density at radius 2 is 1.68 bits per heavy atom. The fourth-order valence-electron chi connectivity index (χ4n) is 2.71. The number of likely N-dealkylation sites (tertiary alicyclic amines) is 1. The lowest BCUT2D eigenvalue weighted by atomic mass is 9.95. The van der Waals surface area contributed by atoms with Gasteiger partial charge in [-0.15, -0.1) is 0 Å². The van der Waals surface area contributed by atoms with Gasteiger partial charge >= 0.3 is 6.18 Å². The van der Waals surface area contributed by atoms with E-state index in [9.17, 15) is 13.2 Å². The normalized spacial score (nSPS) is 21.0. The van der Waals surface area contributed by atoms with Crippen LogP contribution in [0.25, 0.3) is 0 Å². The van der Waals surface area contributed by atoms with Crippen LogP contribution in [0, 0.1) is 5.92 Å². The average molecular weight is 280 g/mol. The first kappa shape index (κ1) is 16.8. The molecule has 1 aliphatic heterocycles. The van der Waals surface area contributed by atoms with Gasteiger partial charge in [-0.2, -0.15) is 13.2 Å². The van der Waals surface area contributed by atoms with Gasteiger partial charge in [0.2, 0.25) is 0 Å². The number of hydrogen-bond donors (Lipinski definition) is 1. The van der Waals surface area contributed by atoms with Gasteiger partial charge in [0.15, 0.2) is 0 Å². The van der Waals surface area contributed by atoms with Gasteiger partial charge in [-0.25, -0.2) is 0 Å². The summed E-state index contributed by atoms with van der Waals surface area (Å²) in [5.74, 6) is -1.09. The van der Waals surface area contributed by atoms with E-state index in [4.69, 9.17) is 0 Å². The van der Waals surface area contributed by atoms with Crippen molar-refractivity contribution in [3.63, 3.8) is 0 Å². The van der Waals surface area contributed by atoms with E-state index in [1.54, 1.807) is 0 Å². The zero-order valence-corrected chi connectivity index (χ0v) is 12.3. The molecule has 0 aromatic carbocycles. The van der Waals surface area contributed by atoms with Gasteiger partial charge in [0.05, 0.1) is 5.92 Å². The molecule has 1 N–H and O–H groups in total. The first-order chi connectivity index (χ1) is 8.88. The number of alkyl halides is 3. The van der Waals surface area contributed by atoms with Crippen molar-refractivity contribution in [3.05, 3.63) is 0 Å². The molecule has 2 nitrogen and oxygen atoms in total. The minimum absolute atomic E-state index is 0.249. The summed E-state index contributed by atoms with van der Waals surface area (Å²) in [6, 6.07) is 0.838. The van der Waals surface area contributed by atoms with Gasteiger partial charge in [0.25, 0.3) is 0 Å². The molecule has 0 amide bonds. The zero-order chi connectivity index (χ0) is 14.5. The summed E-state index contributed by atoms with van der Waals surface area (Å²) < 4.78 is 37.8. The molecule has 0 aromatic heterocycles. The minimum atomic E-state index is -4.01. The van der Waals surface area contributed by atoms with Crippen molar-refractivity contribution in [1.82, 2.24) is 10.2 Å². The highest BCUT2D eigenvalue weighted by atomic mass is 19.4. The predicted octanol–water partition coefficient (Wildman–Crippen LogP) is 3.43. The molecule has 0 saturated carbocycles. The van der Waals surface area contributed by atoms with Crippen LogP contribution in [0.1, 0.15) is 46.5 Å². The van der Waals surface area contributed by atoms with E-state index in [-0.39, 0.29) is 12.8 Å². The molecule has 0 aliphatic carbocycles. The van der Waals surface area contributed by atoms with Crippen LogP contribution in [0.5, 0.6) is 0 Å². The van der Waals surface area contributed by atoms with Crippen molar-refractivity contribution < 1.29 is 13.2 Å². The average Bonchev–Trinajstić information content (AvgIpc) is 2.39. The van der Waals surface area contributed by atoms with Gasteiger partial charge in [0.1, 0.15) is 0 Å². The molecule has 1 aliphatic rings. The first-order valence-corrected chi connectivity index (χ1v) is 7.42. The molecule has 114 valence electrons. The third-order valence-electron chi connectivity index (χ3n) is 4.30. The van der Waals surface area contributed by atoms with E-state index >= 15 is 0 Å². The molecule has 0 bridgehead atoms. The fourth-order valence-corrected chi connectivity index (χ4v) is 2.71. The summed E-state index contributed by atoms with van der Waals surface area (Å²) in [7, 11) is 0. The predicted molar refractivity (Wildman–Crippen MR) is 72.2 cm³/mol. The summed E-state index contributed by atoms with van der Waals surface area (Å²) in [5.41, 5.74) is 0. The van der Waals surface area contributed by atoms with E-state index in [0.29, 0.717) is 25.2 Å². The lowest BCUT2D eigenvalue weighted by Gasteiger charge is -2.37. The number of hydrogen-bond acceptors (Lipinski definition) is 2. The molecule has 1 unspecified atom stereocenters. The van der Waals surface area contributed by atoms with E-state index in [1.165, 1.54) is 0 Å². The van der Waals surface area contributed by atoms with E-state index in [0.717, 1.165) is 19.4 Å². The Hall–Kier alpha value is -0.290. The molecule has 1 rings (SSSR count). The summed E-state index contributed by atoms with van der Waals surface area (Å²) >= 11 is 0. The molecule has 1 atom stereocenters. The largest absolute Gasteiger partial charge is 0.391 e. The van der Waals surface area contributed by atoms with E-state index < -0.39 is 12.1 Å². The molecule has 0 spiro atoms. The molecular formula is C14H27F3N2. The van der Waals surface area contributed by atoms with Crippen molar-refractivity contribution in [2.75, 3.05) is 19.6 Å². The number of nitrogens with zero attached hydrogens (tertiary/aromatic N) is 1. The molecule has 19 heavy (non-hydrogen) atoms. The zero-order valence-electron chi connectivity index (χ0n) is 12.3. The lowest BCUT2D eigenvalue weighted by Crippen LogP contribution is -2.48. The van der Waals surface area contributed by atoms with Crippen LogP contribution in [0.3, 0.4) is 0 Å². The summed E-state index contributed by atoms with van der Waals surface area (Å²) in [4.78, 5) is 2.18. The van der Waals surface area contributed by atoms with Crippen LogP contribution in [-0.2, 0) is 0 Å². The van der Waals surface area contributed by atoms with E-state index in [1.807, 2.05) is 0 Å². The topological polar surface area (TPSA) is 15.3 Å². The Morgan fingerprint density at radius 1 is 1.16 bits per heavy atom. The molecule has 0 aromatic rings. The van der Waals surface area contributed by atoms with Crippen molar-refractivity contribution in [2.24, 2.45) is 5.92 Å². The minimum Gasteiger partial charge on any atom is -0.312 e. The molecule has 1 saturated heterocycles. The maximum absolute atomic E-state index is 12.6. The van der Waals surface area contributed by atoms with Crippen molar-refractivity contribution in [1.29, 1.82) is 0 Å². The Morgan fingerprint density at radius 3 is 2.11 bits per heavy atom. The maximum atomic E-state index is 12.6. The van der Waals surface area contributed by atoms with E-state index in [2.05, 4.69) is 31.0 Å². The van der Waals surface area contributed by atoms with Gasteiger partial charge < -0.3 is 5.32 Å². The van der Waals surface area contributed by atoms with Crippen molar-refractivity contribution >= 4 is 0 Å². The van der Waals surface area contributed by atoms with Gasteiger partial charge in [-0.1, -0.05) is 13.8 Å². The number of nitrogens with one attached hydrogen (secondary N) is 1. The monoisotopic (exact) mass is 280 g/mol. The van der Waals surface area contributed by atoms with Crippen molar-refractivity contribution in [2.45, 2.75) is 64.7 Å². The second-order valence-electron chi connectivity index (χ2n) is 5.62. The Bertz CT molecular complexity index is 244. The van der Waals surface area contributed by atoms with Crippen LogP contribution in [0.2, 0.25) is 0 Å². The standard InChI is InChI=1S/C14H27F3N2/c1-4-13(5-2)18-10-11(3)19-8-6-12(7-9-19)14(15,16)17/h11-13,18H,4-10H2,1-3H3. The molecular weight excluding hydrogens is 253 g/mol.